The van der Waals surface area contributed by atoms with Gasteiger partial charge in [0.15, 0.2) is 18.5 Å². The zero-order chi connectivity index (χ0) is 27.2. The zero-order valence-electron chi connectivity index (χ0n) is 22.7. The molecule has 0 bridgehead atoms. The molecule has 1 N–H and O–H groups in total. The highest BCUT2D eigenvalue weighted by Crippen LogP contribution is 2.37. The minimum Gasteiger partial charge on any atom is -0.483 e. The van der Waals surface area contributed by atoms with Crippen LogP contribution in [-0.2, 0) is 16.0 Å². The first-order valence-electron chi connectivity index (χ1n) is 13.8. The molecule has 39 heavy (non-hydrogen) atoms. The van der Waals surface area contributed by atoms with Gasteiger partial charge in [0.2, 0.25) is 0 Å². The summed E-state index contributed by atoms with van der Waals surface area (Å²) in [5, 5.41) is 6.99. The maximum atomic E-state index is 13.1. The molecule has 2 aliphatic rings. The number of carbonyl (C=O) groups excluding carboxylic acids is 2. The van der Waals surface area contributed by atoms with Gasteiger partial charge in [0.05, 0.1) is 5.56 Å². The average Bonchev–Trinajstić information content (AvgIpc) is 3.39. The quantitative estimate of drug-likeness (QED) is 0.533. The summed E-state index contributed by atoms with van der Waals surface area (Å²) < 4.78 is 17.2. The van der Waals surface area contributed by atoms with Crippen molar-refractivity contribution in [3.05, 3.63) is 59.9 Å². The molecule has 1 fully saturated rings. The second kappa shape index (κ2) is 11.9. The second-order valence-corrected chi connectivity index (χ2v) is 10.6. The van der Waals surface area contributed by atoms with Crippen molar-refractivity contribution >= 4 is 11.8 Å². The van der Waals surface area contributed by atoms with E-state index < -0.39 is 6.10 Å². The zero-order valence-corrected chi connectivity index (χ0v) is 22.7. The summed E-state index contributed by atoms with van der Waals surface area (Å²) in [7, 11) is 0. The van der Waals surface area contributed by atoms with Gasteiger partial charge < -0.3 is 24.2 Å². The lowest BCUT2D eigenvalue weighted by atomic mass is 9.74. The fraction of sp³-hybridized carbons (Fsp3) is 0.467. The van der Waals surface area contributed by atoms with Gasteiger partial charge in [0.25, 0.3) is 17.7 Å². The molecule has 0 aliphatic carbocycles. The molecule has 1 spiro atoms. The molecule has 2 amide bonds. The van der Waals surface area contributed by atoms with Crippen LogP contribution >= 0.6 is 0 Å². The number of aryl methyl sites for hydroxylation is 2. The molecule has 1 atom stereocenters. The molecule has 3 heterocycles. The molecule has 5 rings (SSSR count). The Bertz CT molecular complexity index is 1300. The lowest BCUT2D eigenvalue weighted by molar-refractivity contribution is -0.136. The number of carbonyl (C=O) groups is 2. The van der Waals surface area contributed by atoms with Gasteiger partial charge in [0.1, 0.15) is 11.5 Å². The van der Waals surface area contributed by atoms with Gasteiger partial charge in [-0.15, -0.1) is 0 Å². The number of hydrogen-bond donors (Lipinski definition) is 1. The molecule has 1 aromatic heterocycles. The maximum Gasteiger partial charge on any atom is 0.261 e. The largest absolute Gasteiger partial charge is 0.483 e. The summed E-state index contributed by atoms with van der Waals surface area (Å²) in [6, 6.07) is 15.3. The van der Waals surface area contributed by atoms with Crippen molar-refractivity contribution in [2.75, 3.05) is 26.2 Å². The van der Waals surface area contributed by atoms with Crippen LogP contribution in [0.5, 0.6) is 11.5 Å². The molecule has 206 valence electrons. The van der Waals surface area contributed by atoms with Crippen LogP contribution in [0.3, 0.4) is 0 Å². The molecule has 0 unspecified atom stereocenters. The van der Waals surface area contributed by atoms with E-state index in [0.29, 0.717) is 42.7 Å². The number of ether oxygens (including phenoxy) is 2. The third kappa shape index (κ3) is 6.41. The van der Waals surface area contributed by atoms with Gasteiger partial charge in [-0.2, -0.15) is 4.98 Å². The van der Waals surface area contributed by atoms with Gasteiger partial charge in [-0.25, -0.2) is 0 Å². The first-order chi connectivity index (χ1) is 18.9. The van der Waals surface area contributed by atoms with E-state index in [2.05, 4.69) is 21.5 Å². The highest BCUT2D eigenvalue weighted by molar-refractivity contribution is 5.81. The number of nitrogens with one attached hydrogen (secondary N) is 1. The normalized spacial score (nSPS) is 19.7. The first-order valence-corrected chi connectivity index (χ1v) is 13.8. The third-order valence-electron chi connectivity index (χ3n) is 7.86. The van der Waals surface area contributed by atoms with Crippen molar-refractivity contribution in [1.82, 2.24) is 20.4 Å². The Labute approximate surface area is 228 Å². The van der Waals surface area contributed by atoms with Crippen molar-refractivity contribution < 1.29 is 23.6 Å². The van der Waals surface area contributed by atoms with Crippen LogP contribution in [0.4, 0.5) is 0 Å². The summed E-state index contributed by atoms with van der Waals surface area (Å²) in [4.78, 5) is 32.1. The van der Waals surface area contributed by atoms with Gasteiger partial charge >= 0.3 is 0 Å². The van der Waals surface area contributed by atoms with E-state index in [4.69, 9.17) is 14.0 Å². The monoisotopic (exact) mass is 532 g/mol. The van der Waals surface area contributed by atoms with Crippen LogP contribution in [0.1, 0.15) is 50.4 Å². The summed E-state index contributed by atoms with van der Waals surface area (Å²) in [6.45, 7) is 5.35. The Kier molecular flexibility index (Phi) is 8.14. The van der Waals surface area contributed by atoms with E-state index in [9.17, 15) is 9.59 Å². The molecular formula is C30H36N4O5. The Morgan fingerprint density at radius 2 is 1.87 bits per heavy atom. The number of hydrogen-bond acceptors (Lipinski definition) is 7. The molecular weight excluding hydrogens is 496 g/mol. The molecule has 1 saturated heterocycles. The highest BCUT2D eigenvalue weighted by Gasteiger charge is 2.36. The molecule has 2 aromatic carbocycles. The van der Waals surface area contributed by atoms with Crippen LogP contribution in [-0.4, -0.2) is 59.2 Å². The SMILES string of the molecule is Cc1noc(-c2ccccc2OCC(=O)N2CCC3(CCCCc4ccccc4O[C@H](C)C(=O)NC3)CC2)n1. The number of aromatic nitrogens is 2. The van der Waals surface area contributed by atoms with E-state index in [0.717, 1.165) is 49.8 Å². The Hall–Kier alpha value is -3.88. The second-order valence-electron chi connectivity index (χ2n) is 10.6. The number of amides is 2. The van der Waals surface area contributed by atoms with Crippen molar-refractivity contribution in [2.24, 2.45) is 5.41 Å². The minimum absolute atomic E-state index is 0.0336. The molecule has 9 nitrogen and oxygen atoms in total. The summed E-state index contributed by atoms with van der Waals surface area (Å²) >= 11 is 0. The topological polar surface area (TPSA) is 107 Å². The van der Waals surface area contributed by atoms with Crippen molar-refractivity contribution in [3.63, 3.8) is 0 Å². The Balaban J connectivity index is 1.18. The van der Waals surface area contributed by atoms with Crippen LogP contribution < -0.4 is 14.8 Å². The average molecular weight is 533 g/mol. The van der Waals surface area contributed by atoms with E-state index >= 15 is 0 Å². The van der Waals surface area contributed by atoms with E-state index in [-0.39, 0.29) is 23.8 Å². The number of para-hydroxylation sites is 2. The fourth-order valence-corrected chi connectivity index (χ4v) is 5.46. The summed E-state index contributed by atoms with van der Waals surface area (Å²) in [5.74, 6) is 2.06. The molecule has 3 aromatic rings. The predicted octanol–water partition coefficient (Wildman–Crippen LogP) is 4.34. The number of nitrogens with zero attached hydrogens (tertiary/aromatic N) is 3. The Morgan fingerprint density at radius 3 is 2.67 bits per heavy atom. The number of fused-ring (bicyclic) bond motifs is 1. The van der Waals surface area contributed by atoms with Crippen LogP contribution in [0, 0.1) is 12.3 Å². The minimum atomic E-state index is -0.569. The lowest BCUT2D eigenvalue weighted by Gasteiger charge is -2.42. The van der Waals surface area contributed by atoms with E-state index in [1.54, 1.807) is 19.9 Å². The third-order valence-corrected chi connectivity index (χ3v) is 7.86. The van der Waals surface area contributed by atoms with Gasteiger partial charge in [-0.3, -0.25) is 9.59 Å². The summed E-state index contributed by atoms with van der Waals surface area (Å²) in [5.41, 5.74) is 1.77. The van der Waals surface area contributed by atoms with Crippen LogP contribution in [0.2, 0.25) is 0 Å². The number of likely N-dealkylation sites (tertiary alicyclic amines) is 1. The van der Waals surface area contributed by atoms with E-state index in [1.807, 2.05) is 41.3 Å². The first kappa shape index (κ1) is 26.7. The number of benzene rings is 2. The fourth-order valence-electron chi connectivity index (χ4n) is 5.46. The standard InChI is InChI=1S/C30H36N4O5/c1-21-28(36)31-20-30(14-8-7-10-23-9-3-5-12-25(23)38-21)15-17-34(18-16-30)27(35)19-37-26-13-6-4-11-24(26)29-32-22(2)33-39-29/h3-6,9,11-13,21H,7-8,10,14-20H2,1-2H3,(H,31,36)/t21-/m1/s1. The number of piperidine rings is 1. The highest BCUT2D eigenvalue weighted by atomic mass is 16.5. The van der Waals surface area contributed by atoms with Crippen molar-refractivity contribution in [1.29, 1.82) is 0 Å². The summed E-state index contributed by atoms with van der Waals surface area (Å²) in [6.07, 6.45) is 5.15. The number of rotatable bonds is 4. The maximum absolute atomic E-state index is 13.1. The van der Waals surface area contributed by atoms with E-state index in [1.165, 1.54) is 0 Å². The van der Waals surface area contributed by atoms with Crippen LogP contribution in [0.15, 0.2) is 53.1 Å². The lowest BCUT2D eigenvalue weighted by Crippen LogP contribution is -2.50. The molecule has 0 saturated carbocycles. The molecule has 9 heteroatoms. The van der Waals surface area contributed by atoms with Gasteiger partial charge in [-0.1, -0.05) is 41.9 Å². The molecule has 0 radical (unpaired) electrons. The Morgan fingerprint density at radius 1 is 1.10 bits per heavy atom. The molecule has 2 aliphatic heterocycles. The van der Waals surface area contributed by atoms with Gasteiger partial charge in [-0.05, 0) is 75.1 Å². The van der Waals surface area contributed by atoms with Crippen molar-refractivity contribution in [2.45, 2.75) is 58.5 Å². The van der Waals surface area contributed by atoms with Gasteiger partial charge in [0, 0.05) is 19.6 Å². The van der Waals surface area contributed by atoms with Crippen LogP contribution in [0.25, 0.3) is 11.5 Å². The smallest absolute Gasteiger partial charge is 0.261 e. The van der Waals surface area contributed by atoms with Crippen molar-refractivity contribution in [3.8, 4) is 23.0 Å². The predicted molar refractivity (Wildman–Crippen MR) is 145 cm³/mol.